The zero-order valence-electron chi connectivity index (χ0n) is 14.5. The van der Waals surface area contributed by atoms with Crippen LogP contribution in [0.2, 0.25) is 0 Å². The third-order valence-corrected chi connectivity index (χ3v) is 5.76. The van der Waals surface area contributed by atoms with Crippen LogP contribution in [0.15, 0.2) is 59.3 Å². The number of rotatable bonds is 2. The highest BCUT2D eigenvalue weighted by atomic mass is 16.2. The van der Waals surface area contributed by atoms with Gasteiger partial charge in [-0.1, -0.05) is 55.7 Å². The first-order valence-corrected chi connectivity index (χ1v) is 9.33. The number of hydrogen-bond acceptors (Lipinski definition) is 2. The molecule has 0 atom stereocenters. The molecule has 0 spiro atoms. The monoisotopic (exact) mass is 344 g/mol. The van der Waals surface area contributed by atoms with Crippen LogP contribution in [0.4, 0.5) is 0 Å². The Kier molecular flexibility index (Phi) is 3.45. The lowest BCUT2D eigenvalue weighted by molar-refractivity contribution is -0.117. The number of fused-ring (bicyclic) bond motifs is 2. The van der Waals surface area contributed by atoms with Crippen LogP contribution >= 0.6 is 0 Å². The van der Waals surface area contributed by atoms with E-state index in [0.29, 0.717) is 22.8 Å². The number of carbonyl (C=O) groups is 2. The van der Waals surface area contributed by atoms with E-state index in [1.807, 2.05) is 36.4 Å². The first kappa shape index (κ1) is 15.4. The molecule has 0 radical (unpaired) electrons. The van der Waals surface area contributed by atoms with Gasteiger partial charge >= 0.3 is 0 Å². The lowest BCUT2D eigenvalue weighted by atomic mass is 9.85. The predicted molar refractivity (Wildman–Crippen MR) is 101 cm³/mol. The van der Waals surface area contributed by atoms with Crippen LogP contribution in [0.25, 0.3) is 16.5 Å². The number of allylic oxidation sites excluding steroid dienone is 1. The minimum Gasteiger partial charge on any atom is -0.325 e. The van der Waals surface area contributed by atoms with Crippen LogP contribution < -0.4 is 10.6 Å². The Morgan fingerprint density at radius 2 is 1.50 bits per heavy atom. The molecule has 2 heterocycles. The fourth-order valence-electron chi connectivity index (χ4n) is 4.47. The van der Waals surface area contributed by atoms with Gasteiger partial charge < -0.3 is 10.6 Å². The largest absolute Gasteiger partial charge is 0.325 e. The van der Waals surface area contributed by atoms with Crippen molar-refractivity contribution in [3.8, 4) is 0 Å². The molecule has 26 heavy (non-hydrogen) atoms. The van der Waals surface area contributed by atoms with Gasteiger partial charge in [0.15, 0.2) is 0 Å². The number of amides is 2. The molecule has 1 fully saturated rings. The zero-order chi connectivity index (χ0) is 17.7. The molecule has 1 saturated carbocycles. The van der Waals surface area contributed by atoms with Crippen molar-refractivity contribution in [1.82, 2.24) is 10.6 Å². The molecule has 4 heteroatoms. The molecule has 1 aliphatic carbocycles. The van der Waals surface area contributed by atoms with Gasteiger partial charge in [0.1, 0.15) is 0 Å². The van der Waals surface area contributed by atoms with Gasteiger partial charge in [-0.25, -0.2) is 0 Å². The van der Waals surface area contributed by atoms with Crippen molar-refractivity contribution in [3.05, 3.63) is 64.9 Å². The zero-order valence-corrected chi connectivity index (χ0v) is 14.5. The van der Waals surface area contributed by atoms with Gasteiger partial charge in [0.25, 0.3) is 11.8 Å². The van der Waals surface area contributed by atoms with E-state index >= 15 is 0 Å². The van der Waals surface area contributed by atoms with E-state index in [2.05, 4.69) is 16.7 Å². The highest BCUT2D eigenvalue weighted by Gasteiger charge is 2.42. The Hall–Kier alpha value is -2.88. The smallest absolute Gasteiger partial charge is 0.258 e. The van der Waals surface area contributed by atoms with E-state index in [1.165, 1.54) is 6.42 Å². The molecule has 0 saturated heterocycles. The first-order valence-electron chi connectivity index (χ1n) is 9.33. The van der Waals surface area contributed by atoms with Gasteiger partial charge in [0.2, 0.25) is 0 Å². The molecule has 5 rings (SSSR count). The van der Waals surface area contributed by atoms with Crippen molar-refractivity contribution in [2.45, 2.75) is 32.1 Å². The number of carbonyl (C=O) groups excluding carboxylic acids is 2. The summed E-state index contributed by atoms with van der Waals surface area (Å²) in [6.45, 7) is 0. The number of nitrogens with one attached hydrogen (secondary N) is 2. The van der Waals surface area contributed by atoms with Crippen LogP contribution in [0.3, 0.4) is 0 Å². The summed E-state index contributed by atoms with van der Waals surface area (Å²) in [5.41, 5.74) is 3.45. The fraction of sp³-hybridized carbons (Fsp3) is 0.273. The fourth-order valence-corrected chi connectivity index (χ4v) is 4.47. The first-order chi connectivity index (χ1) is 12.7. The summed E-state index contributed by atoms with van der Waals surface area (Å²) in [7, 11) is 0. The van der Waals surface area contributed by atoms with Gasteiger partial charge in [0.05, 0.1) is 16.8 Å². The second kappa shape index (κ2) is 5.84. The lowest BCUT2D eigenvalue weighted by Crippen LogP contribution is -2.26. The summed E-state index contributed by atoms with van der Waals surface area (Å²) in [6.07, 6.45) is 5.66. The SMILES string of the molecule is O=C1NC(C2CCCCC2)=C2C(=O)NC(c3ccc4ccccc4c3)=C12. The molecule has 2 aliphatic heterocycles. The van der Waals surface area contributed by atoms with Gasteiger partial charge in [-0.05, 0) is 41.2 Å². The van der Waals surface area contributed by atoms with E-state index < -0.39 is 0 Å². The summed E-state index contributed by atoms with van der Waals surface area (Å²) >= 11 is 0. The standard InChI is InChI=1S/C22H20N2O2/c25-21-17-18(22(26)23-19(17)14-7-2-1-3-8-14)20(24-21)16-11-10-13-6-4-5-9-15(13)12-16/h4-6,9-12,14H,1-3,7-8H2,(H,23,26)(H,24,25). The van der Waals surface area contributed by atoms with Crippen LogP contribution in [0.1, 0.15) is 37.7 Å². The lowest BCUT2D eigenvalue weighted by Gasteiger charge is -2.23. The van der Waals surface area contributed by atoms with E-state index in [4.69, 9.17) is 0 Å². The Labute approximate surface area is 152 Å². The van der Waals surface area contributed by atoms with E-state index in [-0.39, 0.29) is 11.8 Å². The summed E-state index contributed by atoms with van der Waals surface area (Å²) in [6, 6.07) is 14.1. The van der Waals surface area contributed by atoms with Gasteiger partial charge in [-0.2, -0.15) is 0 Å². The van der Waals surface area contributed by atoms with Crippen molar-refractivity contribution in [1.29, 1.82) is 0 Å². The molecule has 0 bridgehead atoms. The molecule has 3 aliphatic rings. The predicted octanol–water partition coefficient (Wildman–Crippen LogP) is 3.64. The molecule has 2 aromatic carbocycles. The number of hydrogen-bond donors (Lipinski definition) is 2. The topological polar surface area (TPSA) is 58.2 Å². The van der Waals surface area contributed by atoms with Crippen molar-refractivity contribution in [2.75, 3.05) is 0 Å². The summed E-state index contributed by atoms with van der Waals surface area (Å²) < 4.78 is 0. The minimum atomic E-state index is -0.151. The molecular formula is C22H20N2O2. The molecular weight excluding hydrogens is 324 g/mol. The maximum atomic E-state index is 12.7. The van der Waals surface area contributed by atoms with Crippen LogP contribution in [0, 0.1) is 5.92 Å². The average Bonchev–Trinajstić information content (AvgIpc) is 3.21. The van der Waals surface area contributed by atoms with Crippen molar-refractivity contribution in [3.63, 3.8) is 0 Å². The maximum absolute atomic E-state index is 12.7. The second-order valence-electron chi connectivity index (χ2n) is 7.34. The highest BCUT2D eigenvalue weighted by Crippen LogP contribution is 2.40. The van der Waals surface area contributed by atoms with Crippen molar-refractivity contribution >= 4 is 28.3 Å². The third kappa shape index (κ3) is 2.29. The average molecular weight is 344 g/mol. The van der Waals surface area contributed by atoms with Crippen molar-refractivity contribution < 1.29 is 9.59 Å². The molecule has 0 aromatic heterocycles. The highest BCUT2D eigenvalue weighted by molar-refractivity contribution is 6.25. The Bertz CT molecular complexity index is 1010. The maximum Gasteiger partial charge on any atom is 0.258 e. The Balaban J connectivity index is 1.63. The second-order valence-corrected chi connectivity index (χ2v) is 7.34. The number of benzene rings is 2. The molecule has 0 unspecified atom stereocenters. The van der Waals surface area contributed by atoms with Gasteiger partial charge in [-0.3, -0.25) is 9.59 Å². The normalized spacial score (nSPS) is 20.6. The summed E-state index contributed by atoms with van der Waals surface area (Å²) in [5.74, 6) is -0.00827. The van der Waals surface area contributed by atoms with Gasteiger partial charge in [0, 0.05) is 5.70 Å². The van der Waals surface area contributed by atoms with Crippen LogP contribution in [-0.4, -0.2) is 11.8 Å². The Morgan fingerprint density at radius 1 is 0.769 bits per heavy atom. The quantitative estimate of drug-likeness (QED) is 0.874. The summed E-state index contributed by atoms with van der Waals surface area (Å²) in [5, 5.41) is 8.21. The molecule has 130 valence electrons. The summed E-state index contributed by atoms with van der Waals surface area (Å²) in [4.78, 5) is 25.4. The van der Waals surface area contributed by atoms with Gasteiger partial charge in [-0.15, -0.1) is 0 Å². The molecule has 2 aromatic rings. The molecule has 2 N–H and O–H groups in total. The van der Waals surface area contributed by atoms with E-state index in [1.54, 1.807) is 0 Å². The van der Waals surface area contributed by atoms with E-state index in [9.17, 15) is 9.59 Å². The van der Waals surface area contributed by atoms with Crippen LogP contribution in [-0.2, 0) is 9.59 Å². The molecule has 4 nitrogen and oxygen atoms in total. The van der Waals surface area contributed by atoms with E-state index in [0.717, 1.165) is 47.7 Å². The van der Waals surface area contributed by atoms with Crippen molar-refractivity contribution in [2.24, 2.45) is 5.92 Å². The molecule has 2 amide bonds. The van der Waals surface area contributed by atoms with Crippen LogP contribution in [0.5, 0.6) is 0 Å². The Morgan fingerprint density at radius 3 is 2.31 bits per heavy atom. The third-order valence-electron chi connectivity index (χ3n) is 5.76. The minimum absolute atomic E-state index is 0.151.